The summed E-state index contributed by atoms with van der Waals surface area (Å²) in [6, 6.07) is 8.09. The lowest BCUT2D eigenvalue weighted by molar-refractivity contribution is 0.326. The average Bonchev–Trinajstić information content (AvgIpc) is 3.30. The second-order valence-corrected chi connectivity index (χ2v) is 9.10. The van der Waals surface area contributed by atoms with Gasteiger partial charge < -0.3 is 29.2 Å². The molecule has 1 aliphatic carbocycles. The van der Waals surface area contributed by atoms with Gasteiger partial charge in [-0.05, 0) is 48.4 Å². The Balaban J connectivity index is 1.43. The maximum absolute atomic E-state index is 13.4. The van der Waals surface area contributed by atoms with E-state index >= 15 is 0 Å². The van der Waals surface area contributed by atoms with Crippen molar-refractivity contribution in [2.75, 3.05) is 35.0 Å². The van der Waals surface area contributed by atoms with E-state index in [0.29, 0.717) is 47.2 Å². The van der Waals surface area contributed by atoms with Gasteiger partial charge in [0.15, 0.2) is 11.5 Å². The van der Waals surface area contributed by atoms with Crippen LogP contribution in [0.25, 0.3) is 10.9 Å². The Morgan fingerprint density at radius 3 is 2.49 bits per heavy atom. The standard InChI is InChI=1S/C26H31N3O6/c1-32-20-7-5-6-14-16(20)9-8-15-18(14)13-27-19(15)10-11-29-25(30)17-12-21(33-2)23(34-3)24(35-4)22(17)28-26(29)31/h5-7,12,15,18-19,27H,8-11,13H2,1-4H3,(H,28,31)/t15-,18+,19?/m1/s1. The largest absolute Gasteiger partial charge is 0.496 e. The highest BCUT2D eigenvalue weighted by Gasteiger charge is 2.40. The van der Waals surface area contributed by atoms with Gasteiger partial charge in [-0.2, -0.15) is 0 Å². The van der Waals surface area contributed by atoms with Crippen LogP contribution in [0.5, 0.6) is 23.0 Å². The summed E-state index contributed by atoms with van der Waals surface area (Å²) in [5.41, 5.74) is 2.11. The lowest BCUT2D eigenvalue weighted by Gasteiger charge is -2.31. The van der Waals surface area contributed by atoms with Crippen molar-refractivity contribution in [3.63, 3.8) is 0 Å². The van der Waals surface area contributed by atoms with Crippen LogP contribution in [0.15, 0.2) is 33.9 Å². The molecule has 35 heavy (non-hydrogen) atoms. The molecule has 9 heteroatoms. The highest BCUT2D eigenvalue weighted by Crippen LogP contribution is 2.45. The van der Waals surface area contributed by atoms with Crippen molar-refractivity contribution in [2.24, 2.45) is 5.92 Å². The molecule has 3 atom stereocenters. The van der Waals surface area contributed by atoms with Crippen molar-refractivity contribution in [3.05, 3.63) is 56.2 Å². The molecule has 1 aliphatic heterocycles. The minimum absolute atomic E-state index is 0.223. The van der Waals surface area contributed by atoms with Gasteiger partial charge in [0, 0.05) is 25.0 Å². The lowest BCUT2D eigenvalue weighted by atomic mass is 9.74. The molecule has 0 bridgehead atoms. The number of aromatic nitrogens is 2. The molecule has 1 unspecified atom stereocenters. The van der Waals surface area contributed by atoms with Crippen molar-refractivity contribution in [1.29, 1.82) is 0 Å². The van der Waals surface area contributed by atoms with Gasteiger partial charge in [-0.15, -0.1) is 0 Å². The van der Waals surface area contributed by atoms with Gasteiger partial charge in [-0.1, -0.05) is 12.1 Å². The van der Waals surface area contributed by atoms with E-state index in [1.807, 2.05) is 6.07 Å². The number of hydrogen-bond donors (Lipinski definition) is 2. The van der Waals surface area contributed by atoms with Crippen molar-refractivity contribution in [2.45, 2.75) is 37.8 Å². The van der Waals surface area contributed by atoms with Gasteiger partial charge in [0.2, 0.25) is 5.75 Å². The number of fused-ring (bicyclic) bond motifs is 4. The first-order valence-electron chi connectivity index (χ1n) is 11.9. The number of aromatic amines is 1. The van der Waals surface area contributed by atoms with Gasteiger partial charge in [0.1, 0.15) is 11.3 Å². The Bertz CT molecular complexity index is 1380. The van der Waals surface area contributed by atoms with E-state index in [2.05, 4.69) is 22.4 Å². The monoisotopic (exact) mass is 481 g/mol. The molecule has 0 radical (unpaired) electrons. The minimum atomic E-state index is -0.471. The Morgan fingerprint density at radius 2 is 1.77 bits per heavy atom. The molecule has 3 aromatic rings. The summed E-state index contributed by atoms with van der Waals surface area (Å²) in [4.78, 5) is 29.1. The number of nitrogens with one attached hydrogen (secondary N) is 2. The maximum Gasteiger partial charge on any atom is 0.328 e. The van der Waals surface area contributed by atoms with Crippen LogP contribution in [-0.4, -0.2) is 50.6 Å². The van der Waals surface area contributed by atoms with Crippen LogP contribution in [0.3, 0.4) is 0 Å². The normalized spacial score (nSPS) is 20.9. The third-order valence-corrected chi connectivity index (χ3v) is 7.60. The molecule has 5 rings (SSSR count). The Labute approximate surface area is 203 Å². The number of ether oxygens (including phenoxy) is 4. The zero-order valence-corrected chi connectivity index (χ0v) is 20.5. The molecule has 0 spiro atoms. The predicted molar refractivity (Wildman–Crippen MR) is 132 cm³/mol. The minimum Gasteiger partial charge on any atom is -0.496 e. The van der Waals surface area contributed by atoms with Crippen LogP contribution in [0, 0.1) is 5.92 Å². The molecule has 1 aromatic heterocycles. The van der Waals surface area contributed by atoms with Crippen LogP contribution in [0.1, 0.15) is 29.9 Å². The highest BCUT2D eigenvalue weighted by molar-refractivity contribution is 5.89. The van der Waals surface area contributed by atoms with E-state index in [9.17, 15) is 9.59 Å². The molecular formula is C26H31N3O6. The summed E-state index contributed by atoms with van der Waals surface area (Å²) in [5.74, 6) is 2.77. The van der Waals surface area contributed by atoms with E-state index in [4.69, 9.17) is 18.9 Å². The second kappa shape index (κ2) is 9.30. The molecule has 9 nitrogen and oxygen atoms in total. The third kappa shape index (κ3) is 3.74. The van der Waals surface area contributed by atoms with E-state index in [1.165, 1.54) is 37.0 Å². The number of methoxy groups -OCH3 is 4. The van der Waals surface area contributed by atoms with E-state index in [-0.39, 0.29) is 17.4 Å². The van der Waals surface area contributed by atoms with Crippen LogP contribution < -0.4 is 35.5 Å². The fourth-order valence-electron chi connectivity index (χ4n) is 5.95. The average molecular weight is 482 g/mol. The van der Waals surface area contributed by atoms with Crippen LogP contribution in [0.4, 0.5) is 0 Å². The summed E-state index contributed by atoms with van der Waals surface area (Å²) in [6.45, 7) is 1.19. The Kier molecular flexibility index (Phi) is 6.19. The predicted octanol–water partition coefficient (Wildman–Crippen LogP) is 2.43. The smallest absolute Gasteiger partial charge is 0.328 e. The summed E-state index contributed by atoms with van der Waals surface area (Å²) in [7, 11) is 6.15. The maximum atomic E-state index is 13.4. The number of rotatable bonds is 7. The summed E-state index contributed by atoms with van der Waals surface area (Å²) < 4.78 is 23.1. The van der Waals surface area contributed by atoms with Gasteiger partial charge in [0.05, 0.1) is 33.8 Å². The molecule has 2 heterocycles. The molecule has 186 valence electrons. The molecule has 2 aliphatic rings. The highest BCUT2D eigenvalue weighted by atomic mass is 16.5. The zero-order chi connectivity index (χ0) is 24.7. The van der Waals surface area contributed by atoms with Gasteiger partial charge in [-0.25, -0.2) is 4.79 Å². The molecule has 2 aromatic carbocycles. The van der Waals surface area contributed by atoms with Crippen molar-refractivity contribution < 1.29 is 18.9 Å². The Hall–Kier alpha value is -3.46. The van der Waals surface area contributed by atoms with Crippen molar-refractivity contribution >= 4 is 10.9 Å². The fraction of sp³-hybridized carbons (Fsp3) is 0.462. The van der Waals surface area contributed by atoms with E-state index < -0.39 is 5.69 Å². The van der Waals surface area contributed by atoms with Crippen LogP contribution in [-0.2, 0) is 13.0 Å². The van der Waals surface area contributed by atoms with Crippen LogP contribution in [0.2, 0.25) is 0 Å². The summed E-state index contributed by atoms with van der Waals surface area (Å²) >= 11 is 0. The molecule has 0 amide bonds. The molecule has 1 saturated heterocycles. The van der Waals surface area contributed by atoms with E-state index in [0.717, 1.165) is 25.1 Å². The topological polar surface area (TPSA) is 104 Å². The molecule has 1 fully saturated rings. The van der Waals surface area contributed by atoms with Gasteiger partial charge >= 0.3 is 5.69 Å². The SMILES string of the molecule is COc1cccc2c1CC[C@H]1C(CCn3c(=O)[nH]c4c(OC)c(OC)c(OC)cc4c3=O)NC[C@@H]21. The molecule has 0 saturated carbocycles. The Morgan fingerprint density at radius 1 is 1.00 bits per heavy atom. The van der Waals surface area contributed by atoms with Crippen molar-refractivity contribution in [3.8, 4) is 23.0 Å². The number of benzene rings is 2. The first-order chi connectivity index (χ1) is 17.0. The summed E-state index contributed by atoms with van der Waals surface area (Å²) in [5, 5.41) is 3.96. The number of hydrogen-bond acceptors (Lipinski definition) is 7. The molecule has 2 N–H and O–H groups in total. The fourth-order valence-corrected chi connectivity index (χ4v) is 5.95. The van der Waals surface area contributed by atoms with Gasteiger partial charge in [-0.3, -0.25) is 9.36 Å². The number of H-pyrrole nitrogens is 1. The first kappa shape index (κ1) is 23.3. The lowest BCUT2D eigenvalue weighted by Crippen LogP contribution is -2.38. The molecular weight excluding hydrogens is 450 g/mol. The summed E-state index contributed by atoms with van der Waals surface area (Å²) in [6.07, 6.45) is 2.70. The van der Waals surface area contributed by atoms with Gasteiger partial charge in [0.25, 0.3) is 5.56 Å². The van der Waals surface area contributed by atoms with E-state index in [1.54, 1.807) is 13.2 Å². The van der Waals surface area contributed by atoms with Crippen LogP contribution >= 0.6 is 0 Å². The quantitative estimate of drug-likeness (QED) is 0.534. The second-order valence-electron chi connectivity index (χ2n) is 9.10. The van der Waals surface area contributed by atoms with Crippen molar-refractivity contribution in [1.82, 2.24) is 14.9 Å². The third-order valence-electron chi connectivity index (χ3n) is 7.60. The zero-order valence-electron chi connectivity index (χ0n) is 20.5. The number of nitrogens with zero attached hydrogens (tertiary/aromatic N) is 1. The first-order valence-corrected chi connectivity index (χ1v) is 11.9.